The van der Waals surface area contributed by atoms with Gasteiger partial charge in [-0.25, -0.2) is 4.79 Å². The number of carboxylic acid groups (broad SMARTS) is 1. The van der Waals surface area contributed by atoms with Crippen LogP contribution in [0.5, 0.6) is 17.2 Å². The van der Waals surface area contributed by atoms with Gasteiger partial charge in [0.1, 0.15) is 0 Å². The van der Waals surface area contributed by atoms with Crippen molar-refractivity contribution < 1.29 is 62.5 Å². The van der Waals surface area contributed by atoms with Crippen LogP contribution in [-0.4, -0.2) is 26.4 Å². The molecule has 6 heteroatoms. The second-order valence-corrected chi connectivity index (χ2v) is 2.17. The van der Waals surface area contributed by atoms with Crippen molar-refractivity contribution in [3.8, 4) is 17.2 Å². The van der Waals surface area contributed by atoms with Crippen LogP contribution in [0.1, 0.15) is 10.4 Å². The van der Waals surface area contributed by atoms with E-state index in [2.05, 4.69) is 0 Å². The molecule has 76 valence electrons. The largest absolute Gasteiger partial charge is 0.504 e. The van der Waals surface area contributed by atoms with Gasteiger partial charge in [-0.1, -0.05) is 0 Å². The summed E-state index contributed by atoms with van der Waals surface area (Å²) < 4.78 is 0. The zero-order chi connectivity index (χ0) is 9.30. The molecule has 0 fully saturated rings. The minimum absolute atomic E-state index is 0. The molecule has 13 heavy (non-hydrogen) atoms. The van der Waals surface area contributed by atoms with E-state index in [1.807, 2.05) is 0 Å². The van der Waals surface area contributed by atoms with Gasteiger partial charge >= 0.3 is 5.97 Å². The van der Waals surface area contributed by atoms with Crippen LogP contribution in [0.4, 0.5) is 0 Å². The van der Waals surface area contributed by atoms with Crippen LogP contribution in [-0.2, 0) is 0 Å². The van der Waals surface area contributed by atoms with E-state index in [4.69, 9.17) is 20.4 Å². The van der Waals surface area contributed by atoms with Crippen LogP contribution < -0.4 is 0 Å². The Labute approximate surface area is 103 Å². The fourth-order valence-electron chi connectivity index (χ4n) is 0.728. The summed E-state index contributed by atoms with van der Waals surface area (Å²) in [6.45, 7) is 0. The molecule has 1 rings (SSSR count). The van der Waals surface area contributed by atoms with Crippen LogP contribution in [0.2, 0.25) is 0 Å². The molecule has 0 radical (unpaired) electrons. The van der Waals surface area contributed by atoms with Crippen LogP contribution >= 0.6 is 0 Å². The number of rotatable bonds is 1. The first kappa shape index (κ1) is 12.3. The van der Waals surface area contributed by atoms with Gasteiger partial charge in [0.15, 0.2) is 17.2 Å². The first-order valence-electron chi connectivity index (χ1n) is 3.00. The summed E-state index contributed by atoms with van der Waals surface area (Å²) in [5.41, 5.74) is -0.289. The van der Waals surface area contributed by atoms with Gasteiger partial charge in [0, 0.05) is 37.3 Å². The predicted molar refractivity (Wildman–Crippen MR) is 38.4 cm³/mol. The number of hydrogen-bond acceptors (Lipinski definition) is 4. The summed E-state index contributed by atoms with van der Waals surface area (Å²) >= 11 is 0. The summed E-state index contributed by atoms with van der Waals surface area (Å²) in [6.07, 6.45) is 0. The van der Waals surface area contributed by atoms with Crippen molar-refractivity contribution in [1.29, 1.82) is 0 Å². The third-order valence-corrected chi connectivity index (χ3v) is 1.32. The molecule has 0 amide bonds. The van der Waals surface area contributed by atoms with Gasteiger partial charge in [-0.3, -0.25) is 0 Å². The second kappa shape index (κ2) is 4.54. The van der Waals surface area contributed by atoms with E-state index < -0.39 is 23.2 Å². The van der Waals surface area contributed by atoms with Crippen molar-refractivity contribution >= 4 is 5.97 Å². The van der Waals surface area contributed by atoms with E-state index in [1.165, 1.54) is 0 Å². The van der Waals surface area contributed by atoms with Crippen molar-refractivity contribution in [2.45, 2.75) is 0 Å². The molecule has 0 bridgehead atoms. The minimum Gasteiger partial charge on any atom is -0.504 e. The number of phenolic OH excluding ortho intramolecular Hbond substituents is 3. The third kappa shape index (κ3) is 2.64. The van der Waals surface area contributed by atoms with Crippen molar-refractivity contribution in [2.75, 3.05) is 0 Å². The van der Waals surface area contributed by atoms with E-state index in [0.29, 0.717) is 0 Å². The van der Waals surface area contributed by atoms with Gasteiger partial charge in [-0.05, 0) is 12.1 Å². The molecule has 0 saturated carbocycles. The third-order valence-electron chi connectivity index (χ3n) is 1.32. The Morgan fingerprint density at radius 1 is 1.08 bits per heavy atom. The molecule has 0 spiro atoms. The number of carboxylic acids is 1. The Kier molecular flexibility index (Phi) is 4.31. The maximum absolute atomic E-state index is 10.3. The standard InChI is InChI=1S/C7H6O5.Er/c8-4-1-3(7(11)12)2-5(9)6(4)10;/h1-2,8-10H,(H,11,12);. The van der Waals surface area contributed by atoms with Crippen LogP contribution in [0, 0.1) is 37.3 Å². The SMILES string of the molecule is O=C(O)c1cc(O)c(O)c(O)c1.[Er]. The van der Waals surface area contributed by atoms with Crippen LogP contribution in [0.3, 0.4) is 0 Å². The number of aromatic carboxylic acids is 1. The molecule has 0 aliphatic carbocycles. The molecule has 0 saturated heterocycles. The van der Waals surface area contributed by atoms with E-state index in [1.54, 1.807) is 0 Å². The second-order valence-electron chi connectivity index (χ2n) is 2.17. The molecule has 0 atom stereocenters. The Morgan fingerprint density at radius 3 is 1.77 bits per heavy atom. The zero-order valence-electron chi connectivity index (χ0n) is 6.14. The summed E-state index contributed by atoms with van der Waals surface area (Å²) in [5, 5.41) is 35.0. The average Bonchev–Trinajstić information content (AvgIpc) is 1.99. The first-order chi connectivity index (χ1) is 5.52. The molecule has 0 aliphatic rings. The molecule has 5 nitrogen and oxygen atoms in total. The van der Waals surface area contributed by atoms with Gasteiger partial charge in [-0.2, -0.15) is 0 Å². The fourth-order valence-corrected chi connectivity index (χ4v) is 0.728. The molecule has 1 aromatic rings. The fraction of sp³-hybridized carbons (Fsp3) is 0. The van der Waals surface area contributed by atoms with Crippen molar-refractivity contribution in [2.24, 2.45) is 0 Å². The minimum atomic E-state index is -1.29. The van der Waals surface area contributed by atoms with Crippen molar-refractivity contribution in [3.63, 3.8) is 0 Å². The van der Waals surface area contributed by atoms with Crippen molar-refractivity contribution in [3.05, 3.63) is 17.7 Å². The molecular weight excluding hydrogens is 331 g/mol. The van der Waals surface area contributed by atoms with Crippen molar-refractivity contribution in [1.82, 2.24) is 0 Å². The monoisotopic (exact) mass is 336 g/mol. The Hall–Kier alpha value is -0.663. The summed E-state index contributed by atoms with van der Waals surface area (Å²) in [6, 6.07) is 1.69. The van der Waals surface area contributed by atoms with E-state index in [9.17, 15) is 4.79 Å². The van der Waals surface area contributed by atoms with Gasteiger partial charge in [0.2, 0.25) is 0 Å². The van der Waals surface area contributed by atoms with Gasteiger partial charge < -0.3 is 20.4 Å². The van der Waals surface area contributed by atoms with Crippen LogP contribution in [0.15, 0.2) is 12.1 Å². The average molecular weight is 337 g/mol. The number of carbonyl (C=O) groups is 1. The maximum Gasteiger partial charge on any atom is 0.335 e. The molecule has 0 aromatic heterocycles. The number of benzene rings is 1. The van der Waals surface area contributed by atoms with E-state index in [0.717, 1.165) is 12.1 Å². The van der Waals surface area contributed by atoms with Gasteiger partial charge in [-0.15, -0.1) is 0 Å². The normalized spacial score (nSPS) is 8.92. The smallest absolute Gasteiger partial charge is 0.335 e. The Balaban J connectivity index is 0.00000144. The zero-order valence-corrected chi connectivity index (χ0v) is 7.99. The molecule has 1 aromatic carbocycles. The summed E-state index contributed by atoms with van der Waals surface area (Å²) in [4.78, 5) is 10.3. The summed E-state index contributed by atoms with van der Waals surface area (Å²) in [5.74, 6) is -3.33. The molecule has 0 aliphatic heterocycles. The number of aromatic hydroxyl groups is 3. The van der Waals surface area contributed by atoms with Gasteiger partial charge in [0.05, 0.1) is 5.56 Å². The predicted octanol–water partition coefficient (Wildman–Crippen LogP) is 0.502. The van der Waals surface area contributed by atoms with E-state index >= 15 is 0 Å². The molecule has 4 N–H and O–H groups in total. The topological polar surface area (TPSA) is 98.0 Å². The summed E-state index contributed by atoms with van der Waals surface area (Å²) in [7, 11) is 0. The first-order valence-corrected chi connectivity index (χ1v) is 3.00. The van der Waals surface area contributed by atoms with Gasteiger partial charge in [0.25, 0.3) is 0 Å². The quantitative estimate of drug-likeness (QED) is 0.560. The molecule has 0 unspecified atom stereocenters. The maximum atomic E-state index is 10.3. The number of hydrogen-bond donors (Lipinski definition) is 4. The Morgan fingerprint density at radius 2 is 1.46 bits per heavy atom. The molecule has 0 heterocycles. The Bertz CT molecular complexity index is 313. The van der Waals surface area contributed by atoms with E-state index in [-0.39, 0.29) is 42.9 Å². The van der Waals surface area contributed by atoms with Crippen LogP contribution in [0.25, 0.3) is 0 Å². The molecular formula is C7H6ErO5. The number of phenols is 3.